The van der Waals surface area contributed by atoms with E-state index in [4.69, 9.17) is 5.73 Å². The Labute approximate surface area is 158 Å². The molecule has 5 N–H and O–H groups in total. The molecule has 0 aliphatic heterocycles. The summed E-state index contributed by atoms with van der Waals surface area (Å²) in [6.45, 7) is 0. The number of hydrogen-bond acceptors (Lipinski definition) is 7. The summed E-state index contributed by atoms with van der Waals surface area (Å²) in [6, 6.07) is 8.88. The molecule has 1 aliphatic carbocycles. The maximum Gasteiger partial charge on any atom is 0.227 e. The molecule has 27 heavy (non-hydrogen) atoms. The van der Waals surface area contributed by atoms with Gasteiger partial charge in [0.05, 0.1) is 6.33 Å². The first-order chi connectivity index (χ1) is 13.1. The molecule has 0 spiro atoms. The lowest BCUT2D eigenvalue weighted by molar-refractivity contribution is 0.410. The molecular formula is C19H26N8. The van der Waals surface area contributed by atoms with Gasteiger partial charge in [-0.2, -0.15) is 9.97 Å². The first-order valence-corrected chi connectivity index (χ1v) is 9.36. The van der Waals surface area contributed by atoms with Gasteiger partial charge in [-0.15, -0.1) is 0 Å². The van der Waals surface area contributed by atoms with Crippen LogP contribution in [0.15, 0.2) is 30.6 Å². The standard InChI is InChI=1S/C19H26N8/c1-27(2)15-9-7-13(8-10-15)23-18-16-17(22-11-21-16)25-19(26-18)24-14-5-3-12(20)4-6-14/h7-12,14H,3-6,20H2,1-2H3,(H3,21,22,23,24,25,26)/t12-,14-. The van der Waals surface area contributed by atoms with Gasteiger partial charge in [0, 0.05) is 37.6 Å². The Bertz CT molecular complexity index is 894. The number of fused-ring (bicyclic) bond motifs is 1. The van der Waals surface area contributed by atoms with E-state index in [1.807, 2.05) is 26.2 Å². The minimum atomic E-state index is 0.321. The van der Waals surface area contributed by atoms with Crippen molar-refractivity contribution < 1.29 is 0 Å². The number of imidazole rings is 1. The molecular weight excluding hydrogens is 340 g/mol. The van der Waals surface area contributed by atoms with Crippen molar-refractivity contribution in [2.75, 3.05) is 29.6 Å². The van der Waals surface area contributed by atoms with E-state index in [2.05, 4.69) is 47.6 Å². The number of aromatic nitrogens is 4. The lowest BCUT2D eigenvalue weighted by Gasteiger charge is -2.26. The molecule has 142 valence electrons. The molecule has 0 radical (unpaired) electrons. The number of rotatable bonds is 5. The Morgan fingerprint density at radius 3 is 2.52 bits per heavy atom. The number of anilines is 4. The van der Waals surface area contributed by atoms with Crippen molar-refractivity contribution in [2.24, 2.45) is 5.73 Å². The van der Waals surface area contributed by atoms with Crippen molar-refractivity contribution in [1.82, 2.24) is 19.9 Å². The zero-order valence-electron chi connectivity index (χ0n) is 15.7. The Hall–Kier alpha value is -2.87. The van der Waals surface area contributed by atoms with E-state index in [1.165, 1.54) is 0 Å². The van der Waals surface area contributed by atoms with Gasteiger partial charge in [-0.05, 0) is 49.9 Å². The van der Waals surface area contributed by atoms with Crippen LogP contribution in [0.1, 0.15) is 25.7 Å². The van der Waals surface area contributed by atoms with Crippen LogP contribution in [0.5, 0.6) is 0 Å². The van der Waals surface area contributed by atoms with Crippen molar-refractivity contribution in [3.05, 3.63) is 30.6 Å². The van der Waals surface area contributed by atoms with Crippen LogP contribution in [0.3, 0.4) is 0 Å². The Kier molecular flexibility index (Phi) is 4.81. The van der Waals surface area contributed by atoms with Gasteiger partial charge in [0.15, 0.2) is 17.0 Å². The molecule has 0 saturated heterocycles. The highest BCUT2D eigenvalue weighted by atomic mass is 15.2. The molecule has 8 heteroatoms. The van der Waals surface area contributed by atoms with E-state index in [0.717, 1.165) is 42.6 Å². The molecule has 0 atom stereocenters. The second kappa shape index (κ2) is 7.40. The van der Waals surface area contributed by atoms with Crippen LogP contribution in [-0.2, 0) is 0 Å². The normalized spacial score (nSPS) is 19.8. The summed E-state index contributed by atoms with van der Waals surface area (Å²) in [5, 5.41) is 6.83. The van der Waals surface area contributed by atoms with E-state index in [9.17, 15) is 0 Å². The van der Waals surface area contributed by atoms with Crippen molar-refractivity contribution in [2.45, 2.75) is 37.8 Å². The number of aromatic amines is 1. The number of benzene rings is 1. The van der Waals surface area contributed by atoms with Crippen molar-refractivity contribution in [3.63, 3.8) is 0 Å². The topological polar surface area (TPSA) is 108 Å². The van der Waals surface area contributed by atoms with Crippen LogP contribution in [0, 0.1) is 0 Å². The predicted molar refractivity (Wildman–Crippen MR) is 110 cm³/mol. The lowest BCUT2D eigenvalue weighted by atomic mass is 9.92. The highest BCUT2D eigenvalue weighted by molar-refractivity contribution is 5.86. The number of H-pyrrole nitrogens is 1. The first-order valence-electron chi connectivity index (χ1n) is 9.36. The Morgan fingerprint density at radius 2 is 1.81 bits per heavy atom. The number of nitrogens with one attached hydrogen (secondary N) is 3. The summed E-state index contributed by atoms with van der Waals surface area (Å²) in [5.41, 5.74) is 9.55. The average Bonchev–Trinajstić information content (AvgIpc) is 3.13. The monoisotopic (exact) mass is 366 g/mol. The fraction of sp³-hybridized carbons (Fsp3) is 0.421. The summed E-state index contributed by atoms with van der Waals surface area (Å²) in [7, 11) is 4.05. The number of nitrogens with two attached hydrogens (primary N) is 1. The van der Waals surface area contributed by atoms with E-state index in [1.54, 1.807) is 6.33 Å². The van der Waals surface area contributed by atoms with E-state index >= 15 is 0 Å². The molecule has 0 amide bonds. The van der Waals surface area contributed by atoms with Gasteiger partial charge < -0.3 is 26.3 Å². The van der Waals surface area contributed by atoms with Gasteiger partial charge >= 0.3 is 0 Å². The minimum absolute atomic E-state index is 0.321. The van der Waals surface area contributed by atoms with Gasteiger partial charge in [-0.3, -0.25) is 0 Å². The van der Waals surface area contributed by atoms with Gasteiger partial charge in [0.1, 0.15) is 0 Å². The average molecular weight is 366 g/mol. The third-order valence-corrected chi connectivity index (χ3v) is 5.03. The van der Waals surface area contributed by atoms with Crippen molar-refractivity contribution in [3.8, 4) is 0 Å². The quantitative estimate of drug-likeness (QED) is 0.550. The SMILES string of the molecule is CN(C)c1ccc(Nc2nc(N[C@H]3CC[C@H](N)CC3)nc3[nH]cnc23)cc1. The highest BCUT2D eigenvalue weighted by Crippen LogP contribution is 2.26. The minimum Gasteiger partial charge on any atom is -0.378 e. The van der Waals surface area contributed by atoms with Crippen LogP contribution < -0.4 is 21.3 Å². The first kappa shape index (κ1) is 17.5. The van der Waals surface area contributed by atoms with E-state index < -0.39 is 0 Å². The smallest absolute Gasteiger partial charge is 0.227 e. The lowest BCUT2D eigenvalue weighted by Crippen LogP contribution is -2.33. The molecule has 0 unspecified atom stereocenters. The maximum atomic E-state index is 6.00. The van der Waals surface area contributed by atoms with Crippen LogP contribution in [0.2, 0.25) is 0 Å². The summed E-state index contributed by atoms with van der Waals surface area (Å²) in [5.74, 6) is 1.30. The summed E-state index contributed by atoms with van der Waals surface area (Å²) in [6.07, 6.45) is 5.80. The molecule has 1 fully saturated rings. The zero-order chi connectivity index (χ0) is 18.8. The van der Waals surface area contributed by atoms with E-state index in [-0.39, 0.29) is 0 Å². The molecule has 3 aromatic rings. The van der Waals surface area contributed by atoms with E-state index in [0.29, 0.717) is 29.5 Å². The van der Waals surface area contributed by atoms with Gasteiger partial charge in [0.2, 0.25) is 5.95 Å². The molecule has 4 rings (SSSR count). The van der Waals surface area contributed by atoms with Crippen LogP contribution in [-0.4, -0.2) is 46.1 Å². The number of nitrogens with zero attached hydrogens (tertiary/aromatic N) is 4. The molecule has 8 nitrogen and oxygen atoms in total. The Balaban J connectivity index is 1.57. The molecule has 1 aromatic carbocycles. The van der Waals surface area contributed by atoms with Crippen LogP contribution in [0.25, 0.3) is 11.2 Å². The number of hydrogen-bond donors (Lipinski definition) is 4. The summed E-state index contributed by atoms with van der Waals surface area (Å²) >= 11 is 0. The summed E-state index contributed by atoms with van der Waals surface area (Å²) in [4.78, 5) is 18.8. The fourth-order valence-corrected chi connectivity index (χ4v) is 3.41. The molecule has 0 bridgehead atoms. The van der Waals surface area contributed by atoms with Crippen molar-refractivity contribution in [1.29, 1.82) is 0 Å². The molecule has 2 heterocycles. The van der Waals surface area contributed by atoms with Gasteiger partial charge in [0.25, 0.3) is 0 Å². The second-order valence-corrected chi connectivity index (χ2v) is 7.32. The second-order valence-electron chi connectivity index (χ2n) is 7.32. The predicted octanol–water partition coefficient (Wildman–Crippen LogP) is 2.84. The largest absolute Gasteiger partial charge is 0.378 e. The zero-order valence-corrected chi connectivity index (χ0v) is 15.7. The van der Waals surface area contributed by atoms with Crippen LogP contribution >= 0.6 is 0 Å². The molecule has 2 aromatic heterocycles. The molecule has 1 saturated carbocycles. The highest BCUT2D eigenvalue weighted by Gasteiger charge is 2.20. The third-order valence-electron chi connectivity index (χ3n) is 5.03. The summed E-state index contributed by atoms with van der Waals surface area (Å²) < 4.78 is 0. The fourth-order valence-electron chi connectivity index (χ4n) is 3.41. The van der Waals surface area contributed by atoms with Crippen molar-refractivity contribution >= 4 is 34.3 Å². The van der Waals surface area contributed by atoms with Gasteiger partial charge in [-0.1, -0.05) is 0 Å². The third kappa shape index (κ3) is 3.95. The van der Waals surface area contributed by atoms with Gasteiger partial charge in [-0.25, -0.2) is 4.98 Å². The Morgan fingerprint density at radius 1 is 1.07 bits per heavy atom. The molecule has 1 aliphatic rings. The maximum absolute atomic E-state index is 6.00. The van der Waals surface area contributed by atoms with Crippen LogP contribution in [0.4, 0.5) is 23.1 Å².